The average molecular weight is 1640 g/mol. The highest BCUT2D eigenvalue weighted by Crippen LogP contribution is 2.37. The zero-order valence-electron chi connectivity index (χ0n) is 73.2. The van der Waals surface area contributed by atoms with Gasteiger partial charge in [-0.1, -0.05) is 133 Å². The molecule has 31 heteroatoms. The van der Waals surface area contributed by atoms with Crippen molar-refractivity contribution in [2.75, 3.05) is 83.4 Å². The first-order valence-electron chi connectivity index (χ1n) is 42.4. The molecule has 3 amide bonds. The monoisotopic (exact) mass is 1640 g/mol. The van der Waals surface area contributed by atoms with Crippen molar-refractivity contribution in [3.8, 4) is 0 Å². The highest BCUT2D eigenvalue weighted by atomic mass is 16.6. The molecule has 0 aliphatic heterocycles. The van der Waals surface area contributed by atoms with Crippen LogP contribution in [0.1, 0.15) is 253 Å². The summed E-state index contributed by atoms with van der Waals surface area (Å²) < 4.78 is 43.1. The zero-order chi connectivity index (χ0) is 86.0. The van der Waals surface area contributed by atoms with Crippen LogP contribution in [-0.4, -0.2) is 165 Å². The number of imidazole rings is 3. The Morgan fingerprint density at radius 2 is 0.849 bits per heavy atom. The maximum absolute atomic E-state index is 13.7. The van der Waals surface area contributed by atoms with Crippen LogP contribution in [-0.2, 0) is 82.1 Å². The zero-order valence-corrected chi connectivity index (χ0v) is 73.2. The number of aromatic nitrogens is 12. The Balaban J connectivity index is 0.000000206. The Bertz CT molecular complexity index is 4740. The van der Waals surface area contributed by atoms with Crippen LogP contribution in [0.4, 0.5) is 49.7 Å². The Hall–Kier alpha value is -11.0. The molecule has 1 N–H and O–H groups in total. The normalized spacial score (nSPS) is 13.4. The van der Waals surface area contributed by atoms with Gasteiger partial charge in [0.05, 0.1) is 64.7 Å². The van der Waals surface area contributed by atoms with Gasteiger partial charge in [0.2, 0.25) is 17.8 Å². The largest absolute Gasteiger partial charge is 0.467 e. The number of rotatable bonds is 33. The summed E-state index contributed by atoms with van der Waals surface area (Å²) in [7, 11) is 3.76. The summed E-state index contributed by atoms with van der Waals surface area (Å²) in [6, 6.07) is 20.7. The van der Waals surface area contributed by atoms with Crippen molar-refractivity contribution in [2.45, 2.75) is 281 Å². The molecule has 2 aromatic carbocycles. The number of nitrogens with zero attached hydrogens (tertiary/aromatic N) is 17. The van der Waals surface area contributed by atoms with E-state index in [1.165, 1.54) is 96.4 Å². The fraction of sp³-hybridized carbons (Fsp3) is 0.580. The first kappa shape index (κ1) is 91.9. The van der Waals surface area contributed by atoms with Gasteiger partial charge >= 0.3 is 36.2 Å². The number of carbonyl (C=O) groups excluding carboxylic acids is 6. The van der Waals surface area contributed by atoms with Crippen molar-refractivity contribution in [1.82, 2.24) is 58.6 Å². The minimum atomic E-state index is -0.741. The first-order chi connectivity index (χ1) is 56.9. The van der Waals surface area contributed by atoms with Gasteiger partial charge in [0.25, 0.3) is 0 Å². The first-order valence-corrected chi connectivity index (χ1v) is 42.4. The molecule has 0 spiro atoms. The summed E-state index contributed by atoms with van der Waals surface area (Å²) in [4.78, 5) is 127. The number of esters is 3. The summed E-state index contributed by atoms with van der Waals surface area (Å²) in [5, 5.41) is 3.41. The molecule has 2 fully saturated rings. The van der Waals surface area contributed by atoms with Crippen LogP contribution in [0.3, 0.4) is 0 Å². The second-order valence-corrected chi connectivity index (χ2v) is 33.2. The topological polar surface area (TPSA) is 330 Å². The van der Waals surface area contributed by atoms with Gasteiger partial charge in [-0.15, -0.1) is 0 Å². The van der Waals surface area contributed by atoms with Gasteiger partial charge in [-0.3, -0.25) is 14.4 Å². The second kappa shape index (κ2) is 43.6. The number of amides is 3. The van der Waals surface area contributed by atoms with Gasteiger partial charge in [-0.2, -0.15) is 29.9 Å². The maximum atomic E-state index is 13.7. The third kappa shape index (κ3) is 27.0. The number of nitrogens with one attached hydrogen (secondary N) is 1. The fourth-order valence-corrected chi connectivity index (χ4v) is 14.0. The van der Waals surface area contributed by atoms with Crippen molar-refractivity contribution < 1.29 is 61.6 Å². The Kier molecular flexibility index (Phi) is 33.7. The molecule has 2 saturated carbocycles. The van der Waals surface area contributed by atoms with Crippen LogP contribution >= 0.6 is 0 Å². The van der Waals surface area contributed by atoms with Gasteiger partial charge in [0.15, 0.2) is 50.9 Å². The molecule has 0 unspecified atom stereocenters. The fourth-order valence-electron chi connectivity index (χ4n) is 14.0. The number of furan rings is 1. The lowest BCUT2D eigenvalue weighted by Gasteiger charge is -2.27. The number of carbonyl (C=O) groups is 6. The van der Waals surface area contributed by atoms with Crippen LogP contribution < -0.4 is 29.8 Å². The molecular formula is C88H126N18O13. The Morgan fingerprint density at radius 1 is 0.454 bits per heavy atom. The summed E-state index contributed by atoms with van der Waals surface area (Å²) in [6.07, 6.45) is 24.4. The SMILES string of the molecule is CCCCCCNc1nc(N(Cc2ccc(C3CCCCC3)cc2)C(=O)OC(C)(C)C)nc2c1ncn2CC(=O)OCC.CCCCCN(C(=O)OC(C)(C)C)c1nc(N(C)CC)c2ncn(CC(=O)OCC)c2n1.CCOC(=O)Cn1cnc2c(N(C)Cc3ccco3)nc(N(Cc3ccc(C4CCCCC4)cc3)C(=O)OC(C)(C)C)nc21. The third-order valence-electron chi connectivity index (χ3n) is 20.0. The standard InChI is InChI=1S/C33H42N6O5.C33H48N6O4.C22H36N6O4/c1-6-42-27(40)21-38-22-34-28-29(37(5)20-26-13-10-18-43-26)35-31(36-30(28)38)39(32(41)44-33(2,3)4)19-23-14-16-25(17-15-23)24-11-8-7-9-12-24;1-6-8-9-13-20-34-29-28-30(38(23-35-28)22-27(40)42-7-2)37-31(36-29)39(32(41)43-33(3,4)5)21-24-16-18-26(19-17-24)25-14-11-10-12-15-25;1-8-11-12-13-28(21(30)32-22(4,5)6)20-24-18(26(7)9-2)17-19(25-20)27(15-23-17)14-16(29)31-10-3/h10,13-18,22,24H,6-9,11-12,19-21H2,1-5H3;16-19,23,25H,6-15,20-22H2,1-5H3,(H,34,36,37);15H,8-14H2,1-7H3. The lowest BCUT2D eigenvalue weighted by Crippen LogP contribution is -2.39. The molecule has 2 aliphatic carbocycles. The highest BCUT2D eigenvalue weighted by Gasteiger charge is 2.33. The molecule has 11 rings (SSSR count). The smallest absolute Gasteiger partial charge is 0.417 e. The van der Waals surface area contributed by atoms with E-state index < -0.39 is 47.0 Å². The lowest BCUT2D eigenvalue weighted by molar-refractivity contribution is -0.144. The maximum Gasteiger partial charge on any atom is 0.417 e. The predicted molar refractivity (Wildman–Crippen MR) is 461 cm³/mol. The number of benzene rings is 2. The number of ether oxygens (including phenoxy) is 6. The molecule has 0 radical (unpaired) electrons. The third-order valence-corrected chi connectivity index (χ3v) is 20.0. The van der Waals surface area contributed by atoms with E-state index >= 15 is 0 Å². The summed E-state index contributed by atoms with van der Waals surface area (Å²) in [5.41, 5.74) is 5.31. The van der Waals surface area contributed by atoms with Crippen LogP contribution in [0.5, 0.6) is 0 Å². The Morgan fingerprint density at radius 3 is 1.25 bits per heavy atom. The van der Waals surface area contributed by atoms with Gasteiger partial charge in [-0.05, 0) is 175 Å². The summed E-state index contributed by atoms with van der Waals surface area (Å²) in [6.45, 7) is 31.3. The summed E-state index contributed by atoms with van der Waals surface area (Å²) in [5.74, 6) is 2.83. The van der Waals surface area contributed by atoms with Crippen molar-refractivity contribution >= 4 is 105 Å². The molecule has 119 heavy (non-hydrogen) atoms. The molecule has 7 heterocycles. The number of hydrogen-bond donors (Lipinski definition) is 1. The number of anilines is 6. The molecular weight excluding hydrogens is 1520 g/mol. The molecule has 0 atom stereocenters. The average Bonchev–Trinajstić information content (AvgIpc) is 1.67. The Labute approximate surface area is 700 Å². The van der Waals surface area contributed by atoms with E-state index in [2.05, 4.69) is 92.6 Å². The molecule has 7 aromatic heterocycles. The quantitative estimate of drug-likeness (QED) is 0.0227. The van der Waals surface area contributed by atoms with Crippen molar-refractivity contribution in [3.05, 3.63) is 114 Å². The van der Waals surface area contributed by atoms with Gasteiger partial charge in [0, 0.05) is 33.7 Å². The minimum Gasteiger partial charge on any atom is -0.467 e. The van der Waals surface area contributed by atoms with Gasteiger partial charge in [-0.25, -0.2) is 44.0 Å². The van der Waals surface area contributed by atoms with Gasteiger partial charge in [0.1, 0.15) is 42.2 Å². The highest BCUT2D eigenvalue weighted by molar-refractivity contribution is 5.93. The van der Waals surface area contributed by atoms with Crippen LogP contribution in [0.15, 0.2) is 90.3 Å². The number of unbranched alkanes of at least 4 members (excludes halogenated alkanes) is 5. The predicted octanol–water partition coefficient (Wildman–Crippen LogP) is 17.8. The van der Waals surface area contributed by atoms with Crippen molar-refractivity contribution in [3.63, 3.8) is 0 Å². The molecule has 9 aromatic rings. The number of hydrogen-bond acceptors (Lipinski definition) is 25. The van der Waals surface area contributed by atoms with Gasteiger partial charge < -0.3 is 61.7 Å². The molecule has 31 nitrogen and oxygen atoms in total. The lowest BCUT2D eigenvalue weighted by atomic mass is 9.84. The molecule has 2 aliphatic rings. The van der Waals surface area contributed by atoms with Crippen LogP contribution in [0.25, 0.3) is 33.5 Å². The van der Waals surface area contributed by atoms with Crippen molar-refractivity contribution in [2.24, 2.45) is 0 Å². The van der Waals surface area contributed by atoms with E-state index in [4.69, 9.17) is 52.8 Å². The molecule has 646 valence electrons. The molecule has 0 saturated heterocycles. The molecule has 0 bridgehead atoms. The van der Waals surface area contributed by atoms with E-state index in [-0.39, 0.29) is 69.8 Å². The second-order valence-electron chi connectivity index (χ2n) is 33.2. The summed E-state index contributed by atoms with van der Waals surface area (Å²) >= 11 is 0. The van der Waals surface area contributed by atoms with Crippen molar-refractivity contribution in [1.29, 1.82) is 0 Å². The van der Waals surface area contributed by atoms with Crippen LogP contribution in [0, 0.1) is 0 Å². The van der Waals surface area contributed by atoms with Crippen LogP contribution in [0.2, 0.25) is 0 Å². The van der Waals surface area contributed by atoms with E-state index in [0.717, 1.165) is 61.8 Å². The van der Waals surface area contributed by atoms with E-state index in [0.29, 0.717) is 95.6 Å². The van der Waals surface area contributed by atoms with E-state index in [1.807, 2.05) is 105 Å². The van der Waals surface area contributed by atoms with E-state index in [1.54, 1.807) is 53.4 Å². The number of fused-ring (bicyclic) bond motifs is 3. The van der Waals surface area contributed by atoms with E-state index in [9.17, 15) is 28.8 Å². The minimum absolute atomic E-state index is 0.0294.